The van der Waals surface area contributed by atoms with E-state index in [1.54, 1.807) is 6.33 Å². The standard InChI is InChI=1S/C23H26ClN3O/c1-5-20-21(24)23(26-14-25-20)27-22(15(2)3)17-8-12-19(13-9-17)28-18-10-6-16(4)7-11-18/h6-15,22H,5H2,1-4H3,(H,25,26,27). The van der Waals surface area contributed by atoms with E-state index in [-0.39, 0.29) is 6.04 Å². The van der Waals surface area contributed by atoms with Crippen LogP contribution in [0, 0.1) is 12.8 Å². The second-order valence-electron chi connectivity index (χ2n) is 7.19. The third-order valence-corrected chi connectivity index (χ3v) is 5.05. The highest BCUT2D eigenvalue weighted by Crippen LogP contribution is 2.32. The second-order valence-corrected chi connectivity index (χ2v) is 7.56. The average Bonchev–Trinajstić information content (AvgIpc) is 2.69. The van der Waals surface area contributed by atoms with E-state index in [9.17, 15) is 0 Å². The molecule has 0 saturated heterocycles. The van der Waals surface area contributed by atoms with E-state index in [1.807, 2.05) is 43.3 Å². The number of benzene rings is 2. The number of hydrogen-bond donors (Lipinski definition) is 1. The third-order valence-electron chi connectivity index (χ3n) is 4.65. The van der Waals surface area contributed by atoms with Crippen LogP contribution in [-0.2, 0) is 6.42 Å². The minimum atomic E-state index is 0.0746. The summed E-state index contributed by atoms with van der Waals surface area (Å²) in [4.78, 5) is 8.58. The van der Waals surface area contributed by atoms with E-state index in [2.05, 4.69) is 48.2 Å². The smallest absolute Gasteiger partial charge is 0.149 e. The first kappa shape index (κ1) is 20.2. The molecule has 0 aliphatic heterocycles. The Morgan fingerprint density at radius 3 is 2.14 bits per heavy atom. The van der Waals surface area contributed by atoms with Gasteiger partial charge in [0, 0.05) is 0 Å². The zero-order valence-corrected chi connectivity index (χ0v) is 17.5. The number of hydrogen-bond acceptors (Lipinski definition) is 4. The van der Waals surface area contributed by atoms with E-state index in [4.69, 9.17) is 16.3 Å². The molecule has 3 rings (SSSR count). The SMILES string of the molecule is CCc1ncnc(NC(c2ccc(Oc3ccc(C)cc3)cc2)C(C)C)c1Cl. The van der Waals surface area contributed by atoms with Gasteiger partial charge in [0.2, 0.25) is 0 Å². The van der Waals surface area contributed by atoms with Crippen molar-refractivity contribution in [2.45, 2.75) is 40.2 Å². The number of halogens is 1. The highest BCUT2D eigenvalue weighted by Gasteiger charge is 2.19. The molecule has 0 spiro atoms. The zero-order chi connectivity index (χ0) is 20.1. The van der Waals surface area contributed by atoms with Crippen LogP contribution in [0.2, 0.25) is 5.02 Å². The lowest BCUT2D eigenvalue weighted by Crippen LogP contribution is -2.18. The van der Waals surface area contributed by atoms with Crippen molar-refractivity contribution in [2.24, 2.45) is 5.92 Å². The van der Waals surface area contributed by atoms with Gasteiger partial charge in [-0.3, -0.25) is 0 Å². The first-order valence-electron chi connectivity index (χ1n) is 9.58. The molecule has 5 heteroatoms. The largest absolute Gasteiger partial charge is 0.457 e. The van der Waals surface area contributed by atoms with Gasteiger partial charge in [-0.05, 0) is 49.1 Å². The molecule has 0 fully saturated rings. The zero-order valence-electron chi connectivity index (χ0n) is 16.7. The fourth-order valence-electron chi connectivity index (χ4n) is 3.02. The minimum Gasteiger partial charge on any atom is -0.457 e. The molecule has 1 N–H and O–H groups in total. The van der Waals surface area contributed by atoms with Crippen molar-refractivity contribution in [1.82, 2.24) is 9.97 Å². The molecular formula is C23H26ClN3O. The van der Waals surface area contributed by atoms with Crippen molar-refractivity contribution in [2.75, 3.05) is 5.32 Å². The highest BCUT2D eigenvalue weighted by molar-refractivity contribution is 6.33. The Morgan fingerprint density at radius 2 is 1.57 bits per heavy atom. The molecule has 0 bridgehead atoms. The molecule has 3 aromatic rings. The molecule has 1 atom stereocenters. The van der Waals surface area contributed by atoms with Crippen LogP contribution < -0.4 is 10.1 Å². The predicted molar refractivity (Wildman–Crippen MR) is 115 cm³/mol. The number of anilines is 1. The van der Waals surface area contributed by atoms with Crippen LogP contribution in [0.5, 0.6) is 11.5 Å². The van der Waals surface area contributed by atoms with Crippen LogP contribution in [0.25, 0.3) is 0 Å². The van der Waals surface area contributed by atoms with Crippen molar-refractivity contribution in [1.29, 1.82) is 0 Å². The van der Waals surface area contributed by atoms with Gasteiger partial charge in [-0.2, -0.15) is 0 Å². The van der Waals surface area contributed by atoms with Gasteiger partial charge in [-0.15, -0.1) is 0 Å². The number of ether oxygens (including phenoxy) is 1. The van der Waals surface area contributed by atoms with Gasteiger partial charge in [-0.25, -0.2) is 9.97 Å². The number of rotatable bonds is 7. The van der Waals surface area contributed by atoms with Crippen molar-refractivity contribution in [3.63, 3.8) is 0 Å². The molecular weight excluding hydrogens is 370 g/mol. The van der Waals surface area contributed by atoms with Crippen molar-refractivity contribution < 1.29 is 4.74 Å². The molecule has 1 unspecified atom stereocenters. The van der Waals surface area contributed by atoms with Gasteiger partial charge in [0.05, 0.1) is 11.7 Å². The van der Waals surface area contributed by atoms with E-state index in [1.165, 1.54) is 5.56 Å². The summed E-state index contributed by atoms with van der Waals surface area (Å²) in [5, 5.41) is 4.08. The fraction of sp³-hybridized carbons (Fsp3) is 0.304. The maximum atomic E-state index is 6.46. The van der Waals surface area contributed by atoms with Crippen molar-refractivity contribution in [3.8, 4) is 11.5 Å². The van der Waals surface area contributed by atoms with Crippen LogP contribution in [0.4, 0.5) is 5.82 Å². The van der Waals surface area contributed by atoms with Gasteiger partial charge in [0.15, 0.2) is 0 Å². The summed E-state index contributed by atoms with van der Waals surface area (Å²) in [5.74, 6) is 2.66. The summed E-state index contributed by atoms with van der Waals surface area (Å²) in [6.07, 6.45) is 2.33. The van der Waals surface area contributed by atoms with Crippen molar-refractivity contribution >= 4 is 17.4 Å². The van der Waals surface area contributed by atoms with Crippen LogP contribution in [0.15, 0.2) is 54.9 Å². The van der Waals surface area contributed by atoms with Gasteiger partial charge >= 0.3 is 0 Å². The van der Waals surface area contributed by atoms with E-state index < -0.39 is 0 Å². The van der Waals surface area contributed by atoms with Crippen LogP contribution in [-0.4, -0.2) is 9.97 Å². The Morgan fingerprint density at radius 1 is 0.964 bits per heavy atom. The summed E-state index contributed by atoms with van der Waals surface area (Å²) in [6, 6.07) is 16.3. The first-order chi connectivity index (χ1) is 13.5. The molecule has 1 aromatic heterocycles. The topological polar surface area (TPSA) is 47.0 Å². The van der Waals surface area contributed by atoms with Gasteiger partial charge in [0.1, 0.15) is 28.7 Å². The summed E-state index contributed by atoms with van der Waals surface area (Å²) >= 11 is 6.46. The lowest BCUT2D eigenvalue weighted by molar-refractivity contribution is 0.481. The highest BCUT2D eigenvalue weighted by atomic mass is 35.5. The molecule has 0 aliphatic carbocycles. The van der Waals surface area contributed by atoms with Crippen LogP contribution in [0.3, 0.4) is 0 Å². The van der Waals surface area contributed by atoms with Crippen molar-refractivity contribution in [3.05, 3.63) is 76.7 Å². The molecule has 0 saturated carbocycles. The van der Waals surface area contributed by atoms with Gasteiger partial charge in [0.25, 0.3) is 0 Å². The predicted octanol–water partition coefficient (Wildman–Crippen LogP) is 6.60. The number of aromatic nitrogens is 2. The molecule has 1 heterocycles. The Balaban J connectivity index is 1.78. The number of nitrogens with one attached hydrogen (secondary N) is 1. The molecule has 146 valence electrons. The Labute approximate surface area is 172 Å². The summed E-state index contributed by atoms with van der Waals surface area (Å²) in [7, 11) is 0. The molecule has 0 aliphatic rings. The van der Waals surface area contributed by atoms with Crippen LogP contribution in [0.1, 0.15) is 43.6 Å². The lowest BCUT2D eigenvalue weighted by Gasteiger charge is -2.24. The molecule has 2 aromatic carbocycles. The quantitative estimate of drug-likeness (QED) is 0.489. The maximum Gasteiger partial charge on any atom is 0.149 e. The van der Waals surface area contributed by atoms with E-state index >= 15 is 0 Å². The monoisotopic (exact) mass is 395 g/mol. The molecule has 0 amide bonds. The second kappa shape index (κ2) is 9.07. The van der Waals surface area contributed by atoms with E-state index in [0.29, 0.717) is 16.8 Å². The van der Waals surface area contributed by atoms with Gasteiger partial charge < -0.3 is 10.1 Å². The third kappa shape index (κ3) is 4.82. The number of nitrogens with zero attached hydrogens (tertiary/aromatic N) is 2. The summed E-state index contributed by atoms with van der Waals surface area (Å²) in [5.41, 5.74) is 3.21. The first-order valence-corrected chi connectivity index (χ1v) is 9.96. The maximum absolute atomic E-state index is 6.46. The minimum absolute atomic E-state index is 0.0746. The lowest BCUT2D eigenvalue weighted by atomic mass is 9.96. The van der Waals surface area contributed by atoms with Crippen LogP contribution >= 0.6 is 11.6 Å². The number of aryl methyl sites for hydroxylation is 2. The Bertz CT molecular complexity index is 908. The molecule has 28 heavy (non-hydrogen) atoms. The Hall–Kier alpha value is -2.59. The fourth-order valence-corrected chi connectivity index (χ4v) is 3.31. The Kier molecular flexibility index (Phi) is 6.53. The molecule has 4 nitrogen and oxygen atoms in total. The summed E-state index contributed by atoms with van der Waals surface area (Å²) in [6.45, 7) is 8.43. The van der Waals surface area contributed by atoms with Gasteiger partial charge in [-0.1, -0.05) is 62.2 Å². The average molecular weight is 396 g/mol. The van der Waals surface area contributed by atoms with E-state index in [0.717, 1.165) is 29.2 Å². The summed E-state index contributed by atoms with van der Waals surface area (Å²) < 4.78 is 5.93. The molecule has 0 radical (unpaired) electrons. The normalized spacial score (nSPS) is 12.1.